The second kappa shape index (κ2) is 10.1. The predicted octanol–water partition coefficient (Wildman–Crippen LogP) is 4.76. The minimum atomic E-state index is -0.918. The number of aliphatic hydroxyl groups excluding tert-OH is 1. The van der Waals surface area contributed by atoms with Crippen LogP contribution in [0.15, 0.2) is 40.4 Å². The first-order chi connectivity index (χ1) is 14.2. The minimum Gasteiger partial charge on any atom is -0.390 e. The number of aliphatic hydroxyl groups is 2. The summed E-state index contributed by atoms with van der Waals surface area (Å²) < 4.78 is 13.0. The molecule has 1 aliphatic carbocycles. The van der Waals surface area contributed by atoms with Gasteiger partial charge in [-0.3, -0.25) is 0 Å². The summed E-state index contributed by atoms with van der Waals surface area (Å²) >= 11 is 5.24. The zero-order chi connectivity index (χ0) is 21.9. The molecule has 0 aromatic heterocycles. The maximum absolute atomic E-state index is 11.7. The van der Waals surface area contributed by atoms with Crippen LogP contribution in [0, 0.1) is 5.92 Å². The maximum Gasteiger partial charge on any atom is 0.100 e. The number of hydrogen-bond donors (Lipinski definition) is 2. The second-order valence-corrected chi connectivity index (χ2v) is 11.1. The zero-order valence-corrected chi connectivity index (χ0v) is 20.8. The van der Waals surface area contributed by atoms with Gasteiger partial charge >= 0.3 is 0 Å². The minimum absolute atomic E-state index is 0.0552. The van der Waals surface area contributed by atoms with Gasteiger partial charge in [0.1, 0.15) is 5.60 Å². The van der Waals surface area contributed by atoms with Crippen molar-refractivity contribution in [1.29, 1.82) is 0 Å². The first-order valence-electron chi connectivity index (χ1n) is 10.8. The first kappa shape index (κ1) is 24.3. The van der Waals surface area contributed by atoms with Crippen LogP contribution in [0.3, 0.4) is 0 Å². The molecule has 168 valence electrons. The van der Waals surface area contributed by atoms with Gasteiger partial charge < -0.3 is 19.7 Å². The van der Waals surface area contributed by atoms with Crippen LogP contribution in [0.25, 0.3) is 0 Å². The molecule has 1 heterocycles. The van der Waals surface area contributed by atoms with Crippen LogP contribution in [0.4, 0.5) is 0 Å². The summed E-state index contributed by atoms with van der Waals surface area (Å²) in [6, 6.07) is 8.39. The smallest absolute Gasteiger partial charge is 0.100 e. The lowest BCUT2D eigenvalue weighted by atomic mass is 9.66. The standard InChI is InChI=1S/C24H35BrO4S/c1-16(2)5-10-20-23(3,29-20)22-21(28-4)19(26)11-13-24(22,27)15-30-14-12-17-6-8-18(25)9-7-17/h5-9,19-22,26-27H,10-15H2,1-4H3. The third-order valence-corrected chi connectivity index (χ3v) is 8.29. The van der Waals surface area contributed by atoms with Gasteiger partial charge in [0, 0.05) is 23.3 Å². The number of rotatable bonds is 9. The largest absolute Gasteiger partial charge is 0.390 e. The molecule has 2 fully saturated rings. The van der Waals surface area contributed by atoms with Gasteiger partial charge in [-0.05, 0) is 69.9 Å². The number of methoxy groups -OCH3 is 1. The number of thioether (sulfide) groups is 1. The number of benzene rings is 1. The average Bonchev–Trinajstić information content (AvgIpc) is 3.37. The molecule has 6 heteroatoms. The van der Waals surface area contributed by atoms with E-state index in [0.29, 0.717) is 18.6 Å². The Kier molecular flexibility index (Phi) is 8.13. The molecule has 3 rings (SSSR count). The second-order valence-electron chi connectivity index (χ2n) is 9.12. The van der Waals surface area contributed by atoms with Crippen molar-refractivity contribution in [2.45, 2.75) is 76.0 Å². The van der Waals surface area contributed by atoms with E-state index in [1.54, 1.807) is 18.9 Å². The Morgan fingerprint density at radius 2 is 2.03 bits per heavy atom. The fraction of sp³-hybridized carbons (Fsp3) is 0.667. The molecule has 1 saturated heterocycles. The highest BCUT2D eigenvalue weighted by molar-refractivity contribution is 9.10. The van der Waals surface area contributed by atoms with Crippen molar-refractivity contribution in [3.05, 3.63) is 46.0 Å². The third-order valence-electron chi connectivity index (χ3n) is 6.57. The fourth-order valence-electron chi connectivity index (χ4n) is 4.82. The average molecular weight is 500 g/mol. The summed E-state index contributed by atoms with van der Waals surface area (Å²) in [4.78, 5) is 0. The summed E-state index contributed by atoms with van der Waals surface area (Å²) in [7, 11) is 1.63. The molecular weight excluding hydrogens is 464 g/mol. The van der Waals surface area contributed by atoms with Gasteiger partial charge in [-0.15, -0.1) is 0 Å². The van der Waals surface area contributed by atoms with Crippen molar-refractivity contribution in [2.75, 3.05) is 18.6 Å². The highest BCUT2D eigenvalue weighted by Gasteiger charge is 2.66. The Hall–Kier alpha value is -0.370. The molecule has 1 aromatic carbocycles. The summed E-state index contributed by atoms with van der Waals surface area (Å²) in [6.45, 7) is 6.24. The quantitative estimate of drug-likeness (QED) is 0.292. The van der Waals surface area contributed by atoms with Gasteiger partial charge in [-0.25, -0.2) is 0 Å². The highest BCUT2D eigenvalue weighted by Crippen LogP contribution is 2.54. The monoisotopic (exact) mass is 498 g/mol. The van der Waals surface area contributed by atoms with Crippen LogP contribution in [-0.2, 0) is 15.9 Å². The molecule has 4 nitrogen and oxygen atoms in total. The van der Waals surface area contributed by atoms with Crippen LogP contribution in [0.1, 0.15) is 45.6 Å². The molecule has 30 heavy (non-hydrogen) atoms. The Morgan fingerprint density at radius 1 is 1.33 bits per heavy atom. The van der Waals surface area contributed by atoms with Crippen LogP contribution in [0.5, 0.6) is 0 Å². The number of allylic oxidation sites excluding steroid dienone is 1. The predicted molar refractivity (Wildman–Crippen MR) is 127 cm³/mol. The molecular formula is C24H35BrO4S. The molecule has 0 bridgehead atoms. The molecule has 1 aliphatic heterocycles. The van der Waals surface area contributed by atoms with E-state index in [9.17, 15) is 10.2 Å². The highest BCUT2D eigenvalue weighted by atomic mass is 79.9. The summed E-state index contributed by atoms with van der Waals surface area (Å²) in [5, 5.41) is 22.3. The normalized spacial score (nSPS) is 35.8. The van der Waals surface area contributed by atoms with Crippen molar-refractivity contribution in [3.8, 4) is 0 Å². The van der Waals surface area contributed by atoms with E-state index in [-0.39, 0.29) is 12.0 Å². The lowest BCUT2D eigenvalue weighted by Crippen LogP contribution is -2.60. The number of ether oxygens (including phenoxy) is 2. The molecule has 1 saturated carbocycles. The fourth-order valence-corrected chi connectivity index (χ4v) is 6.29. The molecule has 0 radical (unpaired) electrons. The zero-order valence-electron chi connectivity index (χ0n) is 18.4. The van der Waals surface area contributed by atoms with Crippen molar-refractivity contribution >= 4 is 27.7 Å². The van der Waals surface area contributed by atoms with E-state index >= 15 is 0 Å². The van der Waals surface area contributed by atoms with Crippen LogP contribution in [-0.4, -0.2) is 58.3 Å². The van der Waals surface area contributed by atoms with Gasteiger partial charge in [0.2, 0.25) is 0 Å². The Balaban J connectivity index is 1.67. The lowest BCUT2D eigenvalue weighted by Gasteiger charge is -2.48. The van der Waals surface area contributed by atoms with Gasteiger partial charge in [0.15, 0.2) is 0 Å². The topological polar surface area (TPSA) is 62.2 Å². The molecule has 0 spiro atoms. The summed E-state index contributed by atoms with van der Waals surface area (Å²) in [5.41, 5.74) is 1.16. The van der Waals surface area contributed by atoms with Crippen molar-refractivity contribution in [2.24, 2.45) is 5.92 Å². The molecule has 6 atom stereocenters. The number of hydrogen-bond acceptors (Lipinski definition) is 5. The van der Waals surface area contributed by atoms with Crippen LogP contribution in [0.2, 0.25) is 0 Å². The van der Waals surface area contributed by atoms with Gasteiger partial charge in [-0.1, -0.05) is 39.7 Å². The van der Waals surface area contributed by atoms with Gasteiger partial charge in [-0.2, -0.15) is 11.8 Å². The number of aryl methyl sites for hydroxylation is 1. The number of epoxide rings is 1. The van der Waals surface area contributed by atoms with E-state index in [2.05, 4.69) is 67.0 Å². The number of halogens is 1. The van der Waals surface area contributed by atoms with E-state index in [0.717, 1.165) is 23.1 Å². The van der Waals surface area contributed by atoms with E-state index in [4.69, 9.17) is 9.47 Å². The molecule has 2 aliphatic rings. The third kappa shape index (κ3) is 5.51. The summed E-state index contributed by atoms with van der Waals surface area (Å²) in [6.07, 6.45) is 4.16. The Bertz CT molecular complexity index is 735. The van der Waals surface area contributed by atoms with Crippen molar-refractivity contribution in [3.63, 3.8) is 0 Å². The van der Waals surface area contributed by atoms with E-state index in [1.165, 1.54) is 11.1 Å². The van der Waals surface area contributed by atoms with Crippen LogP contribution < -0.4 is 0 Å². The molecule has 1 aromatic rings. The van der Waals surface area contributed by atoms with Crippen molar-refractivity contribution < 1.29 is 19.7 Å². The first-order valence-corrected chi connectivity index (χ1v) is 12.7. The van der Waals surface area contributed by atoms with Crippen LogP contribution >= 0.6 is 27.7 Å². The van der Waals surface area contributed by atoms with Gasteiger partial charge in [0.25, 0.3) is 0 Å². The van der Waals surface area contributed by atoms with Gasteiger partial charge in [0.05, 0.1) is 23.9 Å². The molecule has 6 unspecified atom stereocenters. The Morgan fingerprint density at radius 3 is 2.67 bits per heavy atom. The molecule has 0 amide bonds. The lowest BCUT2D eigenvalue weighted by molar-refractivity contribution is -0.169. The van der Waals surface area contributed by atoms with E-state index in [1.807, 2.05) is 0 Å². The SMILES string of the molecule is COC1C(O)CCC(O)(CSCCc2ccc(Br)cc2)C1C1(C)OC1CC=C(C)C. The molecule has 2 N–H and O–H groups in total. The van der Waals surface area contributed by atoms with E-state index < -0.39 is 23.4 Å². The Labute approximate surface area is 193 Å². The summed E-state index contributed by atoms with van der Waals surface area (Å²) in [5.74, 6) is 1.31. The van der Waals surface area contributed by atoms with Crippen molar-refractivity contribution in [1.82, 2.24) is 0 Å². The maximum atomic E-state index is 11.7.